The summed E-state index contributed by atoms with van der Waals surface area (Å²) in [6.07, 6.45) is 1.14. The molecule has 0 fully saturated rings. The maximum atomic E-state index is 4.59. The fourth-order valence-corrected chi connectivity index (χ4v) is 2.10. The Hall–Kier alpha value is -1.51. The number of aliphatic imine (C=N–C) groups is 1. The van der Waals surface area contributed by atoms with Gasteiger partial charge in [0.2, 0.25) is 0 Å². The maximum absolute atomic E-state index is 4.59. The van der Waals surface area contributed by atoms with Gasteiger partial charge in [-0.3, -0.25) is 0 Å². The van der Waals surface area contributed by atoms with E-state index in [-0.39, 0.29) is 0 Å². The lowest BCUT2D eigenvalue weighted by Gasteiger charge is -2.26. The summed E-state index contributed by atoms with van der Waals surface area (Å²) in [4.78, 5) is 6.77. The molecule has 0 bridgehead atoms. The van der Waals surface area contributed by atoms with Gasteiger partial charge in [0, 0.05) is 19.3 Å². The van der Waals surface area contributed by atoms with Gasteiger partial charge in [0.25, 0.3) is 0 Å². The Morgan fingerprint density at radius 2 is 2.00 bits per heavy atom. The molecule has 1 aromatic rings. The highest BCUT2D eigenvalue weighted by Gasteiger charge is 2.15. The smallest absolute Gasteiger partial charge is 0.198 e. The standard InChI is InChI=1S/C14H21N3/c1-5-6-17(4)14-15-9-12-7-10(2)11(3)8-13(12)16-14/h7-8H,5-6,9H2,1-4H3,(H,15,16). The molecule has 0 amide bonds. The average Bonchev–Trinajstić information content (AvgIpc) is 2.30. The van der Waals surface area contributed by atoms with Crippen LogP contribution in [-0.2, 0) is 6.54 Å². The first-order chi connectivity index (χ1) is 8.11. The Balaban J connectivity index is 2.21. The molecular weight excluding hydrogens is 210 g/mol. The highest BCUT2D eigenvalue weighted by molar-refractivity contribution is 5.95. The third-order valence-corrected chi connectivity index (χ3v) is 3.29. The van der Waals surface area contributed by atoms with Crippen LogP contribution in [0.5, 0.6) is 0 Å². The van der Waals surface area contributed by atoms with Crippen LogP contribution in [0.3, 0.4) is 0 Å². The molecule has 0 radical (unpaired) electrons. The number of fused-ring (bicyclic) bond motifs is 1. The first-order valence-corrected chi connectivity index (χ1v) is 6.24. The molecule has 2 rings (SSSR count). The van der Waals surface area contributed by atoms with E-state index in [0.29, 0.717) is 0 Å². The van der Waals surface area contributed by atoms with Crippen LogP contribution in [0.25, 0.3) is 0 Å². The molecule has 1 N–H and O–H groups in total. The molecule has 1 aromatic carbocycles. The Labute approximate surface area is 104 Å². The largest absolute Gasteiger partial charge is 0.346 e. The van der Waals surface area contributed by atoms with Crippen LogP contribution < -0.4 is 5.32 Å². The number of rotatable bonds is 2. The molecule has 0 aliphatic carbocycles. The van der Waals surface area contributed by atoms with Crippen LogP contribution in [0.1, 0.15) is 30.0 Å². The summed E-state index contributed by atoms with van der Waals surface area (Å²) in [7, 11) is 2.08. The van der Waals surface area contributed by atoms with E-state index in [4.69, 9.17) is 0 Å². The van der Waals surface area contributed by atoms with Gasteiger partial charge in [0.15, 0.2) is 5.96 Å². The van der Waals surface area contributed by atoms with Gasteiger partial charge in [0.1, 0.15) is 0 Å². The lowest BCUT2D eigenvalue weighted by atomic mass is 10.0. The van der Waals surface area contributed by atoms with Gasteiger partial charge in [0.05, 0.1) is 6.54 Å². The first kappa shape index (κ1) is 12.0. The Kier molecular flexibility index (Phi) is 3.36. The summed E-state index contributed by atoms with van der Waals surface area (Å²) in [5.41, 5.74) is 5.17. The van der Waals surface area contributed by atoms with E-state index in [1.807, 2.05) is 0 Å². The zero-order valence-corrected chi connectivity index (χ0v) is 11.2. The van der Waals surface area contributed by atoms with Gasteiger partial charge in [-0.1, -0.05) is 13.0 Å². The van der Waals surface area contributed by atoms with Crippen LogP contribution in [0.2, 0.25) is 0 Å². The summed E-state index contributed by atoms with van der Waals surface area (Å²) in [6, 6.07) is 4.46. The quantitative estimate of drug-likeness (QED) is 0.847. The summed E-state index contributed by atoms with van der Waals surface area (Å²) in [6.45, 7) is 8.30. The summed E-state index contributed by atoms with van der Waals surface area (Å²) >= 11 is 0. The second kappa shape index (κ2) is 4.78. The van der Waals surface area contributed by atoms with Crippen LogP contribution in [0, 0.1) is 13.8 Å². The van der Waals surface area contributed by atoms with Crippen molar-refractivity contribution in [3.8, 4) is 0 Å². The highest BCUT2D eigenvalue weighted by atomic mass is 15.3. The van der Waals surface area contributed by atoms with Crippen molar-refractivity contribution in [1.82, 2.24) is 4.90 Å². The second-order valence-corrected chi connectivity index (χ2v) is 4.78. The minimum Gasteiger partial charge on any atom is -0.346 e. The molecule has 0 aromatic heterocycles. The Morgan fingerprint density at radius 1 is 1.29 bits per heavy atom. The van der Waals surface area contributed by atoms with E-state index in [1.165, 1.54) is 22.4 Å². The zero-order chi connectivity index (χ0) is 12.4. The number of nitrogens with one attached hydrogen (secondary N) is 1. The van der Waals surface area contributed by atoms with Crippen molar-refractivity contribution in [3.05, 3.63) is 28.8 Å². The Bertz CT molecular complexity index is 449. The number of hydrogen-bond acceptors (Lipinski definition) is 3. The zero-order valence-electron chi connectivity index (χ0n) is 11.2. The summed E-state index contributed by atoms with van der Waals surface area (Å²) in [5, 5.41) is 3.43. The molecule has 1 aliphatic heterocycles. The van der Waals surface area contributed by atoms with E-state index in [0.717, 1.165) is 25.5 Å². The van der Waals surface area contributed by atoms with Gasteiger partial charge in [-0.25, -0.2) is 4.99 Å². The van der Waals surface area contributed by atoms with E-state index in [2.05, 4.69) is 55.2 Å². The summed E-state index contributed by atoms with van der Waals surface area (Å²) < 4.78 is 0. The summed E-state index contributed by atoms with van der Waals surface area (Å²) in [5.74, 6) is 0.989. The van der Waals surface area contributed by atoms with Gasteiger partial charge in [-0.15, -0.1) is 0 Å². The number of hydrogen-bond donors (Lipinski definition) is 1. The molecule has 0 atom stereocenters. The van der Waals surface area contributed by atoms with E-state index in [9.17, 15) is 0 Å². The number of nitrogens with zero attached hydrogens (tertiary/aromatic N) is 2. The molecule has 1 aliphatic rings. The molecule has 0 saturated heterocycles. The van der Waals surface area contributed by atoms with Gasteiger partial charge < -0.3 is 10.2 Å². The highest BCUT2D eigenvalue weighted by Crippen LogP contribution is 2.24. The first-order valence-electron chi connectivity index (χ1n) is 6.24. The molecule has 0 unspecified atom stereocenters. The number of aryl methyl sites for hydroxylation is 2. The molecule has 3 heteroatoms. The third kappa shape index (κ3) is 2.43. The number of anilines is 1. The predicted octanol–water partition coefficient (Wildman–Crippen LogP) is 2.93. The molecule has 92 valence electrons. The molecule has 3 nitrogen and oxygen atoms in total. The van der Waals surface area contributed by atoms with Crippen LogP contribution >= 0.6 is 0 Å². The topological polar surface area (TPSA) is 27.6 Å². The van der Waals surface area contributed by atoms with Crippen molar-refractivity contribution in [3.63, 3.8) is 0 Å². The van der Waals surface area contributed by atoms with Crippen LogP contribution in [-0.4, -0.2) is 24.5 Å². The maximum Gasteiger partial charge on any atom is 0.198 e. The van der Waals surface area contributed by atoms with Gasteiger partial charge in [-0.2, -0.15) is 0 Å². The fraction of sp³-hybridized carbons (Fsp3) is 0.500. The normalized spacial score (nSPS) is 13.8. The fourth-order valence-electron chi connectivity index (χ4n) is 2.10. The van der Waals surface area contributed by atoms with E-state index < -0.39 is 0 Å². The second-order valence-electron chi connectivity index (χ2n) is 4.78. The molecule has 0 saturated carbocycles. The number of guanidine groups is 1. The third-order valence-electron chi connectivity index (χ3n) is 3.29. The predicted molar refractivity (Wildman–Crippen MR) is 73.6 cm³/mol. The monoisotopic (exact) mass is 231 g/mol. The molecule has 1 heterocycles. The van der Waals surface area contributed by atoms with E-state index in [1.54, 1.807) is 0 Å². The van der Waals surface area contributed by atoms with Crippen molar-refractivity contribution < 1.29 is 0 Å². The average molecular weight is 231 g/mol. The van der Waals surface area contributed by atoms with Crippen molar-refractivity contribution in [2.75, 3.05) is 18.9 Å². The minimum absolute atomic E-state index is 0.785. The lowest BCUT2D eigenvalue weighted by Crippen LogP contribution is -2.35. The van der Waals surface area contributed by atoms with E-state index >= 15 is 0 Å². The van der Waals surface area contributed by atoms with Crippen molar-refractivity contribution in [1.29, 1.82) is 0 Å². The van der Waals surface area contributed by atoms with Gasteiger partial charge in [-0.05, 0) is 43.0 Å². The lowest BCUT2D eigenvalue weighted by molar-refractivity contribution is 0.496. The van der Waals surface area contributed by atoms with Crippen LogP contribution in [0.15, 0.2) is 17.1 Å². The molecule has 17 heavy (non-hydrogen) atoms. The van der Waals surface area contributed by atoms with Crippen molar-refractivity contribution in [2.45, 2.75) is 33.7 Å². The van der Waals surface area contributed by atoms with Crippen molar-refractivity contribution in [2.24, 2.45) is 4.99 Å². The molecule has 0 spiro atoms. The minimum atomic E-state index is 0.785. The molecular formula is C14H21N3. The van der Waals surface area contributed by atoms with Crippen molar-refractivity contribution >= 4 is 11.6 Å². The van der Waals surface area contributed by atoms with Crippen LogP contribution in [0.4, 0.5) is 5.69 Å². The SMILES string of the molecule is CCCN(C)C1=NCc2cc(C)c(C)cc2N1. The Morgan fingerprint density at radius 3 is 2.71 bits per heavy atom. The number of benzene rings is 1. The van der Waals surface area contributed by atoms with Gasteiger partial charge >= 0.3 is 0 Å².